The maximum absolute atomic E-state index is 13.2. The lowest BCUT2D eigenvalue weighted by atomic mass is 10.1. The second-order valence-electron chi connectivity index (χ2n) is 6.49. The first-order valence-electron chi connectivity index (χ1n) is 9.03. The molecule has 1 aromatic heterocycles. The molecule has 1 aliphatic heterocycles. The molecule has 5 nitrogen and oxygen atoms in total. The molecule has 0 fully saturated rings. The van der Waals surface area contributed by atoms with Gasteiger partial charge < -0.3 is 14.6 Å². The number of H-pyrrole nitrogens is 1. The van der Waals surface area contributed by atoms with Crippen molar-refractivity contribution in [2.45, 2.75) is 13.0 Å². The zero-order valence-corrected chi connectivity index (χ0v) is 15.0. The minimum Gasteiger partial charge on any atom is -0.488 e. The largest absolute Gasteiger partial charge is 0.488 e. The van der Waals surface area contributed by atoms with E-state index in [0.717, 1.165) is 23.6 Å². The second kappa shape index (κ2) is 7.91. The molecule has 1 N–H and O–H groups in total. The van der Waals surface area contributed by atoms with Crippen LogP contribution in [-0.4, -0.2) is 33.9 Å². The molecular weight excluding hydrogens is 338 g/mol. The number of fused-ring (bicyclic) bond motifs is 1. The first-order valence-corrected chi connectivity index (χ1v) is 9.03. The second-order valence-corrected chi connectivity index (χ2v) is 6.49. The Morgan fingerprint density at radius 3 is 2.74 bits per heavy atom. The summed E-state index contributed by atoms with van der Waals surface area (Å²) >= 11 is 0. The fourth-order valence-corrected chi connectivity index (χ4v) is 3.17. The molecule has 0 spiro atoms. The van der Waals surface area contributed by atoms with Gasteiger partial charge in [0, 0.05) is 24.5 Å². The third-order valence-corrected chi connectivity index (χ3v) is 4.60. The van der Waals surface area contributed by atoms with Crippen LogP contribution in [0.3, 0.4) is 0 Å². The lowest BCUT2D eigenvalue weighted by Gasteiger charge is -2.25. The molecule has 0 saturated carbocycles. The zero-order valence-electron chi connectivity index (χ0n) is 15.0. The Morgan fingerprint density at radius 2 is 1.93 bits per heavy atom. The van der Waals surface area contributed by atoms with Gasteiger partial charge in [0.1, 0.15) is 18.2 Å². The van der Waals surface area contributed by atoms with E-state index in [2.05, 4.69) is 22.1 Å². The maximum Gasteiger partial charge on any atom is 0.253 e. The summed E-state index contributed by atoms with van der Waals surface area (Å²) in [7, 11) is 0. The summed E-state index contributed by atoms with van der Waals surface area (Å²) in [6.45, 7) is 1.34. The Hall–Kier alpha value is -3.34. The van der Waals surface area contributed by atoms with Crippen molar-refractivity contribution in [2.24, 2.45) is 0 Å². The number of imidazole rings is 1. The highest BCUT2D eigenvalue weighted by molar-refractivity contribution is 5.99. The third kappa shape index (κ3) is 4.08. The molecule has 5 heteroatoms. The van der Waals surface area contributed by atoms with Crippen molar-refractivity contribution >= 4 is 12.0 Å². The molecule has 0 unspecified atom stereocenters. The van der Waals surface area contributed by atoms with Crippen LogP contribution in [0.15, 0.2) is 72.6 Å². The van der Waals surface area contributed by atoms with Crippen molar-refractivity contribution in [1.82, 2.24) is 14.9 Å². The number of carbonyl (C=O) groups excluding carboxylic acids is 1. The number of carbonyl (C=O) groups is 1. The van der Waals surface area contributed by atoms with Gasteiger partial charge in [-0.2, -0.15) is 0 Å². The van der Waals surface area contributed by atoms with Crippen LogP contribution in [-0.2, 0) is 17.8 Å². The molecule has 0 saturated heterocycles. The summed E-state index contributed by atoms with van der Waals surface area (Å²) in [6, 6.07) is 17.9. The molecule has 2 aromatic carbocycles. The van der Waals surface area contributed by atoms with Crippen LogP contribution < -0.4 is 4.74 Å². The van der Waals surface area contributed by atoms with Crippen molar-refractivity contribution in [3.05, 3.63) is 89.5 Å². The van der Waals surface area contributed by atoms with Crippen LogP contribution in [0.25, 0.3) is 6.08 Å². The van der Waals surface area contributed by atoms with Gasteiger partial charge in [-0.15, -0.1) is 0 Å². The van der Waals surface area contributed by atoms with Gasteiger partial charge in [0.15, 0.2) is 0 Å². The Morgan fingerprint density at radius 1 is 1.11 bits per heavy atom. The van der Waals surface area contributed by atoms with E-state index >= 15 is 0 Å². The Bertz CT molecular complexity index is 933. The number of ether oxygens (including phenoxy) is 1. The van der Waals surface area contributed by atoms with E-state index in [4.69, 9.17) is 4.74 Å². The normalized spacial score (nSPS) is 12.7. The van der Waals surface area contributed by atoms with E-state index in [1.165, 1.54) is 5.56 Å². The molecule has 27 heavy (non-hydrogen) atoms. The molecule has 0 bridgehead atoms. The van der Waals surface area contributed by atoms with Crippen LogP contribution in [0.5, 0.6) is 5.75 Å². The molecule has 0 aliphatic carbocycles. The fourth-order valence-electron chi connectivity index (χ4n) is 3.17. The average Bonchev–Trinajstić information content (AvgIpc) is 3.24. The molecule has 0 atom stereocenters. The third-order valence-electron chi connectivity index (χ3n) is 4.60. The molecule has 4 rings (SSSR count). The number of nitrogens with one attached hydrogen (secondary N) is 1. The summed E-state index contributed by atoms with van der Waals surface area (Å²) in [4.78, 5) is 22.4. The van der Waals surface area contributed by atoms with E-state index < -0.39 is 0 Å². The zero-order chi connectivity index (χ0) is 18.5. The first kappa shape index (κ1) is 17.1. The quantitative estimate of drug-likeness (QED) is 0.733. The van der Waals surface area contributed by atoms with E-state index in [1.807, 2.05) is 53.4 Å². The predicted octanol–water partition coefficient (Wildman–Crippen LogP) is 3.46. The Labute approximate surface area is 158 Å². The number of hydrogen-bond acceptors (Lipinski definition) is 3. The van der Waals surface area contributed by atoms with Crippen molar-refractivity contribution in [3.63, 3.8) is 0 Å². The standard InChI is InChI=1S/C22H21N3O2/c26-22(19-14-18-8-4-5-9-20(18)27-16-19)25(15-21-23-11-12-24-21)13-10-17-6-2-1-3-7-17/h1-9,11-12,14H,10,13,15-16H2,(H,23,24). The molecule has 136 valence electrons. The van der Waals surface area contributed by atoms with E-state index in [0.29, 0.717) is 18.7 Å². The summed E-state index contributed by atoms with van der Waals surface area (Å²) in [5, 5.41) is 0. The number of amides is 1. The minimum atomic E-state index is -0.0168. The van der Waals surface area contributed by atoms with Crippen LogP contribution in [0.1, 0.15) is 17.0 Å². The number of nitrogens with zero attached hydrogens (tertiary/aromatic N) is 2. The molecule has 3 aromatic rings. The topological polar surface area (TPSA) is 58.2 Å². The Kier molecular flexibility index (Phi) is 5.01. The van der Waals surface area contributed by atoms with Crippen LogP contribution in [0.2, 0.25) is 0 Å². The Balaban J connectivity index is 1.54. The number of aromatic amines is 1. The van der Waals surface area contributed by atoms with E-state index in [-0.39, 0.29) is 12.5 Å². The predicted molar refractivity (Wildman–Crippen MR) is 104 cm³/mol. The molecule has 1 amide bonds. The average molecular weight is 359 g/mol. The van der Waals surface area contributed by atoms with Crippen LogP contribution in [0.4, 0.5) is 0 Å². The van der Waals surface area contributed by atoms with Gasteiger partial charge >= 0.3 is 0 Å². The summed E-state index contributed by atoms with van der Waals surface area (Å²) in [6.07, 6.45) is 6.19. The molecule has 2 heterocycles. The number of hydrogen-bond donors (Lipinski definition) is 1. The highest BCUT2D eigenvalue weighted by atomic mass is 16.5. The summed E-state index contributed by atoms with van der Waals surface area (Å²) in [5.41, 5.74) is 2.80. The van der Waals surface area contributed by atoms with Gasteiger partial charge in [-0.25, -0.2) is 4.98 Å². The smallest absolute Gasteiger partial charge is 0.253 e. The number of para-hydroxylation sites is 1. The number of rotatable bonds is 6. The SMILES string of the molecule is O=C(C1=Cc2ccccc2OC1)N(CCc1ccccc1)Cc1ncc[nH]1. The summed E-state index contributed by atoms with van der Waals surface area (Å²) < 4.78 is 5.77. The monoisotopic (exact) mass is 359 g/mol. The lowest BCUT2D eigenvalue weighted by Crippen LogP contribution is -2.35. The van der Waals surface area contributed by atoms with Crippen molar-refractivity contribution in [2.75, 3.05) is 13.2 Å². The number of aromatic nitrogens is 2. The fraction of sp³-hybridized carbons (Fsp3) is 0.182. The highest BCUT2D eigenvalue weighted by Crippen LogP contribution is 2.26. The van der Waals surface area contributed by atoms with Gasteiger partial charge in [-0.05, 0) is 24.1 Å². The summed E-state index contributed by atoms with van der Waals surface area (Å²) in [5.74, 6) is 1.57. The lowest BCUT2D eigenvalue weighted by molar-refractivity contribution is -0.128. The van der Waals surface area contributed by atoms with Crippen molar-refractivity contribution in [3.8, 4) is 5.75 Å². The molecule has 1 aliphatic rings. The minimum absolute atomic E-state index is 0.0168. The molecule has 0 radical (unpaired) electrons. The maximum atomic E-state index is 13.2. The van der Waals surface area contributed by atoms with Crippen molar-refractivity contribution in [1.29, 1.82) is 0 Å². The molecular formula is C22H21N3O2. The number of benzene rings is 2. The van der Waals surface area contributed by atoms with Gasteiger partial charge in [-0.1, -0.05) is 48.5 Å². The van der Waals surface area contributed by atoms with E-state index in [9.17, 15) is 4.79 Å². The van der Waals surface area contributed by atoms with Crippen LogP contribution in [0, 0.1) is 0 Å². The van der Waals surface area contributed by atoms with Gasteiger partial charge in [0.2, 0.25) is 0 Å². The van der Waals surface area contributed by atoms with Gasteiger partial charge in [-0.3, -0.25) is 4.79 Å². The van der Waals surface area contributed by atoms with E-state index in [1.54, 1.807) is 12.4 Å². The highest BCUT2D eigenvalue weighted by Gasteiger charge is 2.23. The van der Waals surface area contributed by atoms with Gasteiger partial charge in [0.05, 0.1) is 12.1 Å². The van der Waals surface area contributed by atoms with Crippen molar-refractivity contribution < 1.29 is 9.53 Å². The van der Waals surface area contributed by atoms with Crippen LogP contribution >= 0.6 is 0 Å². The first-order chi connectivity index (χ1) is 13.3. The van der Waals surface area contributed by atoms with Gasteiger partial charge in [0.25, 0.3) is 5.91 Å².